The molecule has 1 atom stereocenters. The van der Waals surface area contributed by atoms with Crippen LogP contribution in [0.3, 0.4) is 0 Å². The maximum Gasteiger partial charge on any atom is 0.00760 e. The van der Waals surface area contributed by atoms with Crippen LogP contribution in [-0.4, -0.2) is 31.1 Å². The van der Waals surface area contributed by atoms with Gasteiger partial charge in [0.25, 0.3) is 0 Å². The van der Waals surface area contributed by atoms with Crippen molar-refractivity contribution in [3.63, 3.8) is 0 Å². The minimum atomic E-state index is 0.574. The molecule has 2 nitrogen and oxygen atoms in total. The summed E-state index contributed by atoms with van der Waals surface area (Å²) in [6.07, 6.45) is 3.37. The topological polar surface area (TPSA) is 29.3 Å². The van der Waals surface area contributed by atoms with Gasteiger partial charge >= 0.3 is 0 Å². The smallest absolute Gasteiger partial charge is 0.00760 e. The lowest BCUT2D eigenvalue weighted by Gasteiger charge is -2.24. The molecule has 0 spiro atoms. The molecule has 0 aliphatic rings. The summed E-state index contributed by atoms with van der Waals surface area (Å²) in [7, 11) is 2.19. The predicted molar refractivity (Wildman–Crippen MR) is 84.5 cm³/mol. The number of hydrogen-bond donors (Lipinski definition) is 1. The zero-order valence-electron chi connectivity index (χ0n) is 13.0. The monoisotopic (exact) mass is 262 g/mol. The molecule has 1 unspecified atom stereocenters. The maximum absolute atomic E-state index is 5.60. The SMILES string of the molecule is CC(C)Cc1ccc(CCN(C)C(C)CCN)cc1. The highest BCUT2D eigenvalue weighted by Crippen LogP contribution is 2.11. The van der Waals surface area contributed by atoms with E-state index in [2.05, 4.69) is 57.0 Å². The van der Waals surface area contributed by atoms with Gasteiger partial charge in [0.1, 0.15) is 0 Å². The molecule has 1 aromatic carbocycles. The molecule has 0 saturated heterocycles. The van der Waals surface area contributed by atoms with Gasteiger partial charge in [-0.3, -0.25) is 0 Å². The van der Waals surface area contributed by atoms with Gasteiger partial charge in [-0.2, -0.15) is 0 Å². The van der Waals surface area contributed by atoms with Crippen molar-refractivity contribution in [2.45, 2.75) is 46.1 Å². The fraction of sp³-hybridized carbons (Fsp3) is 0.647. The predicted octanol–water partition coefficient (Wildman–Crippen LogP) is 3.10. The molecule has 0 aliphatic carbocycles. The minimum absolute atomic E-state index is 0.574. The van der Waals surface area contributed by atoms with Gasteiger partial charge in [-0.25, -0.2) is 0 Å². The second-order valence-corrected chi connectivity index (χ2v) is 6.07. The van der Waals surface area contributed by atoms with Gasteiger partial charge in [0.2, 0.25) is 0 Å². The number of hydrogen-bond acceptors (Lipinski definition) is 2. The molecule has 0 bridgehead atoms. The van der Waals surface area contributed by atoms with Gasteiger partial charge in [-0.05, 0) is 56.8 Å². The molecule has 0 amide bonds. The Bertz CT molecular complexity index is 343. The standard InChI is InChI=1S/C17H30N2/c1-14(2)13-17-7-5-16(6-8-17)10-12-19(4)15(3)9-11-18/h5-8,14-15H,9-13,18H2,1-4H3. The second kappa shape index (κ2) is 8.34. The summed E-state index contributed by atoms with van der Waals surface area (Å²) in [6.45, 7) is 8.65. The average Bonchev–Trinajstić information content (AvgIpc) is 2.37. The van der Waals surface area contributed by atoms with E-state index in [-0.39, 0.29) is 0 Å². The van der Waals surface area contributed by atoms with E-state index in [0.29, 0.717) is 6.04 Å². The quantitative estimate of drug-likeness (QED) is 0.780. The van der Waals surface area contributed by atoms with Crippen LogP contribution in [0.1, 0.15) is 38.3 Å². The summed E-state index contributed by atoms with van der Waals surface area (Å²) in [6, 6.07) is 9.68. The Hall–Kier alpha value is -0.860. The number of benzene rings is 1. The van der Waals surface area contributed by atoms with E-state index in [9.17, 15) is 0 Å². The second-order valence-electron chi connectivity index (χ2n) is 6.07. The highest BCUT2D eigenvalue weighted by molar-refractivity contribution is 5.23. The molecular weight excluding hydrogens is 232 g/mol. The molecule has 2 heteroatoms. The fourth-order valence-corrected chi connectivity index (χ4v) is 2.30. The lowest BCUT2D eigenvalue weighted by molar-refractivity contribution is 0.251. The largest absolute Gasteiger partial charge is 0.330 e. The van der Waals surface area contributed by atoms with E-state index in [1.54, 1.807) is 0 Å². The van der Waals surface area contributed by atoms with Crippen LogP contribution in [0, 0.1) is 5.92 Å². The van der Waals surface area contributed by atoms with Crippen LogP contribution in [0.2, 0.25) is 0 Å². The molecule has 2 N–H and O–H groups in total. The van der Waals surface area contributed by atoms with Gasteiger partial charge in [-0.15, -0.1) is 0 Å². The Balaban J connectivity index is 2.41. The molecule has 0 fully saturated rings. The third-order valence-electron chi connectivity index (χ3n) is 3.76. The first kappa shape index (κ1) is 16.2. The molecule has 19 heavy (non-hydrogen) atoms. The fourth-order valence-electron chi connectivity index (χ4n) is 2.30. The zero-order chi connectivity index (χ0) is 14.3. The third-order valence-corrected chi connectivity index (χ3v) is 3.76. The Morgan fingerprint density at radius 2 is 1.63 bits per heavy atom. The van der Waals surface area contributed by atoms with Crippen LogP contribution in [0.15, 0.2) is 24.3 Å². The molecule has 0 heterocycles. The van der Waals surface area contributed by atoms with E-state index in [1.807, 2.05) is 0 Å². The molecule has 0 radical (unpaired) electrons. The van der Waals surface area contributed by atoms with Gasteiger partial charge in [0.15, 0.2) is 0 Å². The summed E-state index contributed by atoms with van der Waals surface area (Å²) in [5.74, 6) is 0.731. The van der Waals surface area contributed by atoms with E-state index in [1.165, 1.54) is 17.5 Å². The summed E-state index contributed by atoms with van der Waals surface area (Å²) in [5.41, 5.74) is 8.48. The van der Waals surface area contributed by atoms with Crippen molar-refractivity contribution in [2.24, 2.45) is 11.7 Å². The lowest BCUT2D eigenvalue weighted by atomic mass is 10.0. The van der Waals surface area contributed by atoms with Crippen molar-refractivity contribution in [3.05, 3.63) is 35.4 Å². The molecule has 0 saturated carbocycles. The van der Waals surface area contributed by atoms with Crippen molar-refractivity contribution in [1.82, 2.24) is 4.90 Å². The first-order chi connectivity index (χ1) is 9.02. The summed E-state index contributed by atoms with van der Waals surface area (Å²) in [5, 5.41) is 0. The van der Waals surface area contributed by atoms with Crippen molar-refractivity contribution in [1.29, 1.82) is 0 Å². The lowest BCUT2D eigenvalue weighted by Crippen LogP contribution is -2.32. The van der Waals surface area contributed by atoms with Gasteiger partial charge in [0, 0.05) is 12.6 Å². The average molecular weight is 262 g/mol. The summed E-state index contributed by atoms with van der Waals surface area (Å²) < 4.78 is 0. The highest BCUT2D eigenvalue weighted by atomic mass is 15.1. The van der Waals surface area contributed by atoms with Crippen LogP contribution in [0.4, 0.5) is 0 Å². The maximum atomic E-state index is 5.60. The van der Waals surface area contributed by atoms with Gasteiger partial charge < -0.3 is 10.6 Å². The molecule has 0 aliphatic heterocycles. The molecule has 1 rings (SSSR count). The van der Waals surface area contributed by atoms with Crippen LogP contribution < -0.4 is 5.73 Å². The Morgan fingerprint density at radius 1 is 1.05 bits per heavy atom. The number of rotatable bonds is 8. The number of likely N-dealkylation sites (N-methyl/N-ethyl adjacent to an activating group) is 1. The van der Waals surface area contributed by atoms with Crippen molar-refractivity contribution in [3.8, 4) is 0 Å². The van der Waals surface area contributed by atoms with E-state index >= 15 is 0 Å². The molecular formula is C17H30N2. The van der Waals surface area contributed by atoms with E-state index in [0.717, 1.165) is 31.8 Å². The Kier molecular flexibility index (Phi) is 7.11. The van der Waals surface area contributed by atoms with Crippen molar-refractivity contribution >= 4 is 0 Å². The van der Waals surface area contributed by atoms with Crippen molar-refractivity contribution < 1.29 is 0 Å². The first-order valence-electron chi connectivity index (χ1n) is 7.51. The van der Waals surface area contributed by atoms with Crippen LogP contribution in [0.5, 0.6) is 0 Å². The Labute approximate surface area is 119 Å². The van der Waals surface area contributed by atoms with Crippen LogP contribution in [0.25, 0.3) is 0 Å². The zero-order valence-corrected chi connectivity index (χ0v) is 13.0. The highest BCUT2D eigenvalue weighted by Gasteiger charge is 2.07. The molecule has 1 aromatic rings. The normalized spacial score (nSPS) is 13.2. The third kappa shape index (κ3) is 6.22. The van der Waals surface area contributed by atoms with E-state index in [4.69, 9.17) is 5.73 Å². The van der Waals surface area contributed by atoms with E-state index < -0.39 is 0 Å². The van der Waals surface area contributed by atoms with Crippen LogP contribution in [-0.2, 0) is 12.8 Å². The summed E-state index contributed by atoms with van der Waals surface area (Å²) >= 11 is 0. The Morgan fingerprint density at radius 3 is 2.16 bits per heavy atom. The number of nitrogens with zero attached hydrogens (tertiary/aromatic N) is 1. The molecule has 0 aromatic heterocycles. The van der Waals surface area contributed by atoms with Gasteiger partial charge in [0.05, 0.1) is 0 Å². The molecule has 108 valence electrons. The number of nitrogens with two attached hydrogens (primary N) is 1. The minimum Gasteiger partial charge on any atom is -0.330 e. The van der Waals surface area contributed by atoms with Crippen molar-refractivity contribution in [2.75, 3.05) is 20.1 Å². The van der Waals surface area contributed by atoms with Crippen LogP contribution >= 0.6 is 0 Å². The first-order valence-corrected chi connectivity index (χ1v) is 7.51. The van der Waals surface area contributed by atoms with Gasteiger partial charge in [-0.1, -0.05) is 38.1 Å². The summed E-state index contributed by atoms with van der Waals surface area (Å²) in [4.78, 5) is 2.40.